The summed E-state index contributed by atoms with van der Waals surface area (Å²) in [6.07, 6.45) is 4.05. The van der Waals surface area contributed by atoms with Crippen LogP contribution in [0.15, 0.2) is 36.7 Å². The van der Waals surface area contributed by atoms with Gasteiger partial charge >= 0.3 is 5.97 Å². The van der Waals surface area contributed by atoms with E-state index in [1.165, 1.54) is 24.3 Å². The lowest BCUT2D eigenvalue weighted by atomic mass is 10.1. The van der Waals surface area contributed by atoms with E-state index in [9.17, 15) is 9.59 Å². The molecule has 7 nitrogen and oxygen atoms in total. The van der Waals surface area contributed by atoms with E-state index in [0.29, 0.717) is 18.6 Å². The second-order valence-electron chi connectivity index (χ2n) is 5.61. The number of carbonyl (C=O) groups is 2. The van der Waals surface area contributed by atoms with Gasteiger partial charge in [-0.2, -0.15) is 0 Å². The molecule has 2 aromatic rings. The largest absolute Gasteiger partial charge is 0.478 e. The van der Waals surface area contributed by atoms with Crippen molar-refractivity contribution in [1.82, 2.24) is 14.9 Å². The van der Waals surface area contributed by atoms with Crippen molar-refractivity contribution in [2.75, 3.05) is 6.61 Å². The monoisotopic (exact) mass is 329 g/mol. The van der Waals surface area contributed by atoms with Gasteiger partial charge in [-0.3, -0.25) is 4.79 Å². The lowest BCUT2D eigenvalue weighted by Crippen LogP contribution is -2.37. The fraction of sp³-hybridized carbons (Fsp3) is 0.353. The molecule has 1 fully saturated rings. The van der Waals surface area contributed by atoms with Crippen LogP contribution in [0, 0.1) is 0 Å². The fourth-order valence-electron chi connectivity index (χ4n) is 2.85. The van der Waals surface area contributed by atoms with E-state index in [-0.39, 0.29) is 23.6 Å². The number of aromatic nitrogens is 2. The maximum Gasteiger partial charge on any atom is 0.335 e. The maximum absolute atomic E-state index is 12.4. The molecule has 0 saturated carbocycles. The molecule has 1 aromatic heterocycles. The highest BCUT2D eigenvalue weighted by Crippen LogP contribution is 2.28. The Labute approximate surface area is 139 Å². The van der Waals surface area contributed by atoms with Gasteiger partial charge in [0.25, 0.3) is 5.91 Å². The van der Waals surface area contributed by atoms with Crippen LogP contribution >= 0.6 is 0 Å². The number of carbonyl (C=O) groups excluding carboxylic acids is 1. The third-order valence-corrected chi connectivity index (χ3v) is 4.15. The van der Waals surface area contributed by atoms with Crippen molar-refractivity contribution in [3.63, 3.8) is 0 Å². The Bertz CT molecular complexity index is 739. The van der Waals surface area contributed by atoms with Crippen molar-refractivity contribution >= 4 is 11.9 Å². The molecule has 0 aliphatic carbocycles. The Morgan fingerprint density at radius 3 is 2.71 bits per heavy atom. The third-order valence-electron chi connectivity index (χ3n) is 4.15. The number of carboxylic acid groups (broad SMARTS) is 1. The van der Waals surface area contributed by atoms with Crippen LogP contribution in [0.4, 0.5) is 0 Å². The second-order valence-corrected chi connectivity index (χ2v) is 5.61. The van der Waals surface area contributed by atoms with Crippen molar-refractivity contribution in [3.8, 4) is 0 Å². The summed E-state index contributed by atoms with van der Waals surface area (Å²) in [5, 5.41) is 11.9. The molecule has 1 aromatic carbocycles. The first kappa shape index (κ1) is 16.2. The predicted molar refractivity (Wildman–Crippen MR) is 85.9 cm³/mol. The zero-order valence-electron chi connectivity index (χ0n) is 13.3. The van der Waals surface area contributed by atoms with Crippen LogP contribution in [0.2, 0.25) is 0 Å². The summed E-state index contributed by atoms with van der Waals surface area (Å²) < 4.78 is 7.76. The van der Waals surface area contributed by atoms with Crippen LogP contribution in [0.5, 0.6) is 0 Å². The number of nitrogens with one attached hydrogen (secondary N) is 1. The lowest BCUT2D eigenvalue weighted by Gasteiger charge is -2.20. The highest BCUT2D eigenvalue weighted by molar-refractivity contribution is 5.96. The minimum absolute atomic E-state index is 0.151. The van der Waals surface area contributed by atoms with E-state index in [0.717, 1.165) is 12.4 Å². The Kier molecular flexibility index (Phi) is 4.61. The van der Waals surface area contributed by atoms with Crippen molar-refractivity contribution in [3.05, 3.63) is 53.6 Å². The number of nitrogens with zero attached hydrogens (tertiary/aromatic N) is 2. The van der Waals surface area contributed by atoms with E-state index >= 15 is 0 Å². The van der Waals surface area contributed by atoms with Crippen molar-refractivity contribution in [2.45, 2.75) is 32.0 Å². The number of hydrogen-bond acceptors (Lipinski definition) is 4. The summed E-state index contributed by atoms with van der Waals surface area (Å²) in [7, 11) is 0. The summed E-state index contributed by atoms with van der Waals surface area (Å²) in [5.74, 6) is -0.457. The average Bonchev–Trinajstić information content (AvgIpc) is 3.23. The molecule has 126 valence electrons. The molecule has 2 heterocycles. The predicted octanol–water partition coefficient (Wildman–Crippen LogP) is 1.86. The minimum Gasteiger partial charge on any atom is -0.478 e. The second kappa shape index (κ2) is 6.84. The Balaban J connectivity index is 1.72. The molecule has 0 bridgehead atoms. The first-order valence-corrected chi connectivity index (χ1v) is 7.87. The molecular formula is C17H19N3O4. The molecule has 24 heavy (non-hydrogen) atoms. The van der Waals surface area contributed by atoms with E-state index in [4.69, 9.17) is 9.84 Å². The molecule has 3 rings (SSSR count). The van der Waals surface area contributed by atoms with Gasteiger partial charge in [-0.05, 0) is 37.6 Å². The molecule has 1 amide bonds. The Morgan fingerprint density at radius 1 is 1.33 bits per heavy atom. The highest BCUT2D eigenvalue weighted by Gasteiger charge is 2.33. The third kappa shape index (κ3) is 3.16. The summed E-state index contributed by atoms with van der Waals surface area (Å²) in [6, 6.07) is 5.70. The number of amides is 1. The van der Waals surface area contributed by atoms with Crippen molar-refractivity contribution < 1.29 is 19.4 Å². The molecule has 2 atom stereocenters. The van der Waals surface area contributed by atoms with E-state index in [1.54, 1.807) is 6.20 Å². The molecule has 0 unspecified atom stereocenters. The lowest BCUT2D eigenvalue weighted by molar-refractivity contribution is 0.0696. The molecule has 1 aliphatic rings. The summed E-state index contributed by atoms with van der Waals surface area (Å²) in [6.45, 7) is 3.37. The van der Waals surface area contributed by atoms with Gasteiger partial charge in [0.05, 0.1) is 11.6 Å². The SMILES string of the molecule is CCn1ccnc1[C@H]1OCC[C@@H]1NC(=O)c1ccc(C(=O)O)cc1. The number of ether oxygens (including phenoxy) is 1. The van der Waals surface area contributed by atoms with Crippen LogP contribution < -0.4 is 5.32 Å². The number of aryl methyl sites for hydroxylation is 1. The Morgan fingerprint density at radius 2 is 2.04 bits per heavy atom. The standard InChI is InChI=1S/C17H19N3O4/c1-2-20-9-8-18-15(20)14-13(7-10-24-14)19-16(21)11-3-5-12(6-4-11)17(22)23/h3-6,8-9,13-14H,2,7,10H2,1H3,(H,19,21)(H,22,23)/t13-,14-/m0/s1. The van der Waals surface area contributed by atoms with Gasteiger partial charge in [-0.15, -0.1) is 0 Å². The maximum atomic E-state index is 12.4. The van der Waals surface area contributed by atoms with Gasteiger partial charge in [0.15, 0.2) is 0 Å². The molecular weight excluding hydrogens is 310 g/mol. The zero-order valence-corrected chi connectivity index (χ0v) is 13.3. The highest BCUT2D eigenvalue weighted by atomic mass is 16.5. The molecule has 1 aliphatic heterocycles. The molecule has 2 N–H and O–H groups in total. The van der Waals surface area contributed by atoms with Crippen LogP contribution in [-0.2, 0) is 11.3 Å². The van der Waals surface area contributed by atoms with Gasteiger partial charge < -0.3 is 19.7 Å². The summed E-state index contributed by atoms with van der Waals surface area (Å²) in [5.41, 5.74) is 0.572. The molecule has 7 heteroatoms. The first-order valence-electron chi connectivity index (χ1n) is 7.87. The van der Waals surface area contributed by atoms with E-state index in [1.807, 2.05) is 17.7 Å². The number of benzene rings is 1. The number of rotatable bonds is 5. The first-order chi connectivity index (χ1) is 11.6. The number of imidazole rings is 1. The van der Waals surface area contributed by atoms with Gasteiger partial charge in [-0.1, -0.05) is 0 Å². The quantitative estimate of drug-likeness (QED) is 0.873. The van der Waals surface area contributed by atoms with Gasteiger partial charge in [0.2, 0.25) is 0 Å². The van der Waals surface area contributed by atoms with Crippen LogP contribution in [0.1, 0.15) is 46.0 Å². The Hall–Kier alpha value is -2.67. The topological polar surface area (TPSA) is 93.5 Å². The van der Waals surface area contributed by atoms with Gasteiger partial charge in [-0.25, -0.2) is 9.78 Å². The van der Waals surface area contributed by atoms with E-state index < -0.39 is 5.97 Å². The molecule has 0 radical (unpaired) electrons. The van der Waals surface area contributed by atoms with E-state index in [2.05, 4.69) is 10.3 Å². The summed E-state index contributed by atoms with van der Waals surface area (Å²) in [4.78, 5) is 27.6. The average molecular weight is 329 g/mol. The summed E-state index contributed by atoms with van der Waals surface area (Å²) >= 11 is 0. The zero-order chi connectivity index (χ0) is 17.1. The van der Waals surface area contributed by atoms with Crippen molar-refractivity contribution in [2.24, 2.45) is 0 Å². The fourth-order valence-corrected chi connectivity index (χ4v) is 2.85. The van der Waals surface area contributed by atoms with Crippen LogP contribution in [0.25, 0.3) is 0 Å². The van der Waals surface area contributed by atoms with Crippen LogP contribution in [0.3, 0.4) is 0 Å². The van der Waals surface area contributed by atoms with Gasteiger partial charge in [0.1, 0.15) is 11.9 Å². The molecule has 1 saturated heterocycles. The number of hydrogen-bond donors (Lipinski definition) is 2. The van der Waals surface area contributed by atoms with Gasteiger partial charge in [0, 0.05) is 31.1 Å². The number of aromatic carboxylic acids is 1. The minimum atomic E-state index is -1.02. The van der Waals surface area contributed by atoms with Crippen LogP contribution in [-0.4, -0.2) is 39.2 Å². The molecule has 0 spiro atoms. The smallest absolute Gasteiger partial charge is 0.335 e. The number of carboxylic acids is 1. The van der Waals surface area contributed by atoms with Crippen molar-refractivity contribution in [1.29, 1.82) is 0 Å². The normalized spacial score (nSPS) is 20.0.